The number of hydrogen-bond donors (Lipinski definition) is 0. The second kappa shape index (κ2) is 10.0. The summed E-state index contributed by atoms with van der Waals surface area (Å²) in [6, 6.07) is 0. The van der Waals surface area contributed by atoms with Crippen LogP contribution in [0.4, 0.5) is 0 Å². The third-order valence-corrected chi connectivity index (χ3v) is 2.45. The van der Waals surface area contributed by atoms with E-state index in [1.807, 2.05) is 0 Å². The van der Waals surface area contributed by atoms with Crippen LogP contribution in [0, 0.1) is 0 Å². The van der Waals surface area contributed by atoms with Gasteiger partial charge in [0, 0.05) is 6.08 Å². The predicted molar refractivity (Wildman–Crippen MR) is 63.1 cm³/mol. The second-order valence-corrected chi connectivity index (χ2v) is 3.91. The number of alkyl halides is 1. The van der Waals surface area contributed by atoms with Gasteiger partial charge in [0.1, 0.15) is 0 Å². The Morgan fingerprint density at radius 2 is 1.85 bits per heavy atom. The first-order chi connectivity index (χ1) is 6.31. The van der Waals surface area contributed by atoms with Gasteiger partial charge in [-0.1, -0.05) is 48.4 Å². The van der Waals surface area contributed by atoms with E-state index < -0.39 is 0 Å². The molecule has 0 aromatic heterocycles. The molecule has 0 aliphatic heterocycles. The van der Waals surface area contributed by atoms with Crippen molar-refractivity contribution in [2.45, 2.75) is 32.1 Å². The van der Waals surface area contributed by atoms with Crippen molar-refractivity contribution in [2.24, 2.45) is 0 Å². The summed E-state index contributed by atoms with van der Waals surface area (Å²) in [4.78, 5) is 10.6. The fraction of sp³-hybridized carbons (Fsp3) is 0.700. The summed E-state index contributed by atoms with van der Waals surface area (Å²) in [6.45, 7) is 3.86. The van der Waals surface area contributed by atoms with Gasteiger partial charge in [-0.2, -0.15) is 0 Å². The lowest BCUT2D eigenvalue weighted by atomic mass is 10.2. The molecule has 0 aromatic rings. The molecule has 0 aliphatic rings. The summed E-state index contributed by atoms with van der Waals surface area (Å²) >= 11 is 2.39. The average molecular weight is 296 g/mol. The minimum absolute atomic E-state index is 0.313. The lowest BCUT2D eigenvalue weighted by molar-refractivity contribution is -0.137. The highest BCUT2D eigenvalue weighted by Gasteiger charge is 1.94. The fourth-order valence-electron chi connectivity index (χ4n) is 0.959. The Hall–Kier alpha value is -0.0600. The zero-order chi connectivity index (χ0) is 9.94. The van der Waals surface area contributed by atoms with Crippen molar-refractivity contribution < 1.29 is 9.53 Å². The van der Waals surface area contributed by atoms with Gasteiger partial charge in [0.2, 0.25) is 0 Å². The van der Waals surface area contributed by atoms with Gasteiger partial charge in [-0.3, -0.25) is 0 Å². The van der Waals surface area contributed by atoms with Gasteiger partial charge in [-0.05, 0) is 17.3 Å². The normalized spacial score (nSPS) is 9.62. The highest BCUT2D eigenvalue weighted by atomic mass is 127. The van der Waals surface area contributed by atoms with E-state index in [1.54, 1.807) is 0 Å². The van der Waals surface area contributed by atoms with E-state index in [-0.39, 0.29) is 5.97 Å². The predicted octanol–water partition coefficient (Wildman–Crippen LogP) is 3.10. The summed E-state index contributed by atoms with van der Waals surface area (Å²) in [7, 11) is 0. The number of ether oxygens (including phenoxy) is 1. The van der Waals surface area contributed by atoms with Crippen molar-refractivity contribution in [1.29, 1.82) is 0 Å². The van der Waals surface area contributed by atoms with Crippen LogP contribution in [0.25, 0.3) is 0 Å². The second-order valence-electron chi connectivity index (χ2n) is 2.83. The van der Waals surface area contributed by atoms with Gasteiger partial charge in [-0.15, -0.1) is 0 Å². The molecule has 0 amide bonds. The van der Waals surface area contributed by atoms with Crippen molar-refractivity contribution in [3.8, 4) is 0 Å². The Morgan fingerprint density at radius 1 is 1.23 bits per heavy atom. The number of esters is 1. The highest BCUT2D eigenvalue weighted by Crippen LogP contribution is 2.04. The zero-order valence-corrected chi connectivity index (χ0v) is 10.1. The maximum atomic E-state index is 10.6. The molecular formula is C10H17IO2. The van der Waals surface area contributed by atoms with Crippen LogP contribution in [0.15, 0.2) is 12.7 Å². The molecule has 3 heteroatoms. The molecule has 0 spiro atoms. The van der Waals surface area contributed by atoms with Gasteiger partial charge in [0.05, 0.1) is 6.61 Å². The van der Waals surface area contributed by atoms with E-state index in [1.165, 1.54) is 29.8 Å². The quantitative estimate of drug-likeness (QED) is 0.226. The molecular weight excluding hydrogens is 279 g/mol. The van der Waals surface area contributed by atoms with Crippen molar-refractivity contribution in [2.75, 3.05) is 11.0 Å². The van der Waals surface area contributed by atoms with Gasteiger partial charge in [0.15, 0.2) is 0 Å². The van der Waals surface area contributed by atoms with Gasteiger partial charge >= 0.3 is 5.97 Å². The molecule has 0 radical (unpaired) electrons. The Labute approximate surface area is 93.9 Å². The first-order valence-corrected chi connectivity index (χ1v) is 6.19. The molecule has 0 N–H and O–H groups in total. The Kier molecular flexibility index (Phi) is 9.98. The van der Waals surface area contributed by atoms with Crippen molar-refractivity contribution in [3.63, 3.8) is 0 Å². The van der Waals surface area contributed by atoms with Crippen molar-refractivity contribution in [3.05, 3.63) is 12.7 Å². The number of carbonyl (C=O) groups excluding carboxylic acids is 1. The first-order valence-electron chi connectivity index (χ1n) is 4.66. The largest absolute Gasteiger partial charge is 0.463 e. The van der Waals surface area contributed by atoms with E-state index in [0.29, 0.717) is 6.61 Å². The number of rotatable bonds is 8. The summed E-state index contributed by atoms with van der Waals surface area (Å²) in [5.74, 6) is -0.313. The topological polar surface area (TPSA) is 26.3 Å². The third-order valence-electron chi connectivity index (χ3n) is 1.69. The minimum atomic E-state index is -0.313. The molecule has 0 fully saturated rings. The maximum absolute atomic E-state index is 10.6. The van der Waals surface area contributed by atoms with E-state index in [0.717, 1.165) is 12.8 Å². The molecule has 0 unspecified atom stereocenters. The smallest absolute Gasteiger partial charge is 0.330 e. The van der Waals surface area contributed by atoms with Crippen LogP contribution in [-0.4, -0.2) is 17.0 Å². The van der Waals surface area contributed by atoms with Crippen molar-refractivity contribution >= 4 is 28.6 Å². The summed E-state index contributed by atoms with van der Waals surface area (Å²) in [5.41, 5.74) is 0. The molecule has 0 heterocycles. The monoisotopic (exact) mass is 296 g/mol. The fourth-order valence-corrected chi connectivity index (χ4v) is 1.50. The third kappa shape index (κ3) is 9.86. The van der Waals surface area contributed by atoms with Gasteiger partial charge in [0.25, 0.3) is 0 Å². The number of hydrogen-bond acceptors (Lipinski definition) is 2. The van der Waals surface area contributed by atoms with E-state index in [4.69, 9.17) is 4.74 Å². The Morgan fingerprint density at radius 3 is 2.46 bits per heavy atom. The van der Waals surface area contributed by atoms with Crippen LogP contribution >= 0.6 is 22.6 Å². The highest BCUT2D eigenvalue weighted by molar-refractivity contribution is 14.1. The molecule has 0 aromatic carbocycles. The van der Waals surface area contributed by atoms with E-state index >= 15 is 0 Å². The lowest BCUT2D eigenvalue weighted by Crippen LogP contribution is -2.01. The molecule has 0 atom stereocenters. The van der Waals surface area contributed by atoms with Crippen LogP contribution in [0.2, 0.25) is 0 Å². The zero-order valence-electron chi connectivity index (χ0n) is 7.93. The molecule has 0 aliphatic carbocycles. The maximum Gasteiger partial charge on any atom is 0.330 e. The van der Waals surface area contributed by atoms with Crippen LogP contribution < -0.4 is 0 Å². The summed E-state index contributed by atoms with van der Waals surface area (Å²) < 4.78 is 6.08. The van der Waals surface area contributed by atoms with E-state index in [2.05, 4.69) is 29.2 Å². The average Bonchev–Trinajstić information content (AvgIpc) is 2.16. The molecule has 2 nitrogen and oxygen atoms in total. The molecule has 76 valence electrons. The molecule has 0 bridgehead atoms. The van der Waals surface area contributed by atoms with Gasteiger partial charge in [-0.25, -0.2) is 4.79 Å². The molecule has 0 saturated heterocycles. The molecule has 0 rings (SSSR count). The lowest BCUT2D eigenvalue weighted by Gasteiger charge is -2.01. The summed E-state index contributed by atoms with van der Waals surface area (Å²) in [5, 5.41) is 0. The number of carbonyl (C=O) groups is 1. The van der Waals surface area contributed by atoms with Crippen molar-refractivity contribution in [1.82, 2.24) is 0 Å². The number of unbranched alkanes of at least 4 members (excludes halogenated alkanes) is 4. The number of halogens is 1. The van der Waals surface area contributed by atoms with Gasteiger partial charge < -0.3 is 4.74 Å². The van der Waals surface area contributed by atoms with Crippen LogP contribution in [-0.2, 0) is 9.53 Å². The van der Waals surface area contributed by atoms with Crippen LogP contribution in [0.5, 0.6) is 0 Å². The van der Waals surface area contributed by atoms with Crippen LogP contribution in [0.1, 0.15) is 32.1 Å². The standard InChI is InChI=1S/C10H17IO2/c1-2-10(12)13-9-7-5-3-4-6-8-11/h2H,1,3-9H2. The molecule has 0 saturated carbocycles. The Balaban J connectivity index is 2.99. The Bertz CT molecular complexity index is 146. The SMILES string of the molecule is C=CC(=O)OCCCCCCCI. The van der Waals surface area contributed by atoms with E-state index in [9.17, 15) is 4.79 Å². The molecule has 13 heavy (non-hydrogen) atoms. The van der Waals surface area contributed by atoms with Crippen LogP contribution in [0.3, 0.4) is 0 Å². The summed E-state index contributed by atoms with van der Waals surface area (Å²) in [6.07, 6.45) is 7.16. The first kappa shape index (κ1) is 12.9. The minimum Gasteiger partial charge on any atom is -0.463 e.